The molecule has 0 aliphatic carbocycles. The lowest BCUT2D eigenvalue weighted by Gasteiger charge is -2.40. The zero-order chi connectivity index (χ0) is 10.0. The van der Waals surface area contributed by atoms with Crippen LogP contribution in [0.4, 0.5) is 0 Å². The van der Waals surface area contributed by atoms with E-state index < -0.39 is 0 Å². The molecule has 1 heterocycles. The van der Waals surface area contributed by atoms with Crippen molar-refractivity contribution in [3.8, 4) is 0 Å². The van der Waals surface area contributed by atoms with Crippen molar-refractivity contribution in [3.63, 3.8) is 0 Å². The highest BCUT2D eigenvalue weighted by molar-refractivity contribution is 5.78. The number of amides is 1. The van der Waals surface area contributed by atoms with E-state index in [1.807, 2.05) is 18.7 Å². The Labute approximate surface area is 80.5 Å². The minimum Gasteiger partial charge on any atom is -0.335 e. The van der Waals surface area contributed by atoms with E-state index in [4.69, 9.17) is 0 Å². The van der Waals surface area contributed by atoms with Crippen LogP contribution in [0.1, 0.15) is 27.7 Å². The zero-order valence-corrected chi connectivity index (χ0v) is 9.00. The fourth-order valence-corrected chi connectivity index (χ4v) is 1.86. The van der Waals surface area contributed by atoms with Gasteiger partial charge >= 0.3 is 0 Å². The second-order valence-corrected chi connectivity index (χ2v) is 4.26. The largest absolute Gasteiger partial charge is 0.335 e. The van der Waals surface area contributed by atoms with Crippen LogP contribution >= 0.6 is 0 Å². The third-order valence-corrected chi connectivity index (χ3v) is 2.58. The molecule has 1 aliphatic heterocycles. The molecule has 1 aliphatic rings. The topological polar surface area (TPSA) is 32.3 Å². The minimum atomic E-state index is 0.114. The first-order valence-electron chi connectivity index (χ1n) is 5.07. The molecule has 0 saturated carbocycles. The Morgan fingerprint density at radius 3 is 2.15 bits per heavy atom. The van der Waals surface area contributed by atoms with Gasteiger partial charge in [-0.15, -0.1) is 0 Å². The Morgan fingerprint density at radius 2 is 1.77 bits per heavy atom. The lowest BCUT2D eigenvalue weighted by atomic mass is 10.1. The maximum Gasteiger partial charge on any atom is 0.225 e. The average Bonchev–Trinajstić information content (AvgIpc) is 2.03. The van der Waals surface area contributed by atoms with Gasteiger partial charge in [0.25, 0.3) is 0 Å². The molecule has 1 rings (SSSR count). The lowest BCUT2D eigenvalue weighted by molar-refractivity contribution is -0.139. The van der Waals surface area contributed by atoms with Crippen LogP contribution in [0.25, 0.3) is 0 Å². The summed E-state index contributed by atoms with van der Waals surface area (Å²) in [5.74, 6) is 0.393. The van der Waals surface area contributed by atoms with Crippen molar-refractivity contribution in [2.24, 2.45) is 5.92 Å². The molecule has 3 nitrogen and oxygen atoms in total. The summed E-state index contributed by atoms with van der Waals surface area (Å²) >= 11 is 0. The molecule has 0 bridgehead atoms. The maximum atomic E-state index is 11.8. The zero-order valence-electron chi connectivity index (χ0n) is 9.00. The van der Waals surface area contributed by atoms with Crippen LogP contribution in [-0.2, 0) is 4.79 Å². The molecule has 1 fully saturated rings. The maximum absolute atomic E-state index is 11.8. The van der Waals surface area contributed by atoms with Crippen molar-refractivity contribution >= 4 is 5.91 Å². The number of piperazine rings is 1. The highest BCUT2D eigenvalue weighted by Crippen LogP contribution is 2.13. The van der Waals surface area contributed by atoms with Crippen LogP contribution in [0.15, 0.2) is 0 Å². The van der Waals surface area contributed by atoms with Crippen molar-refractivity contribution in [1.29, 1.82) is 0 Å². The second-order valence-electron chi connectivity index (χ2n) is 4.26. The Morgan fingerprint density at radius 1 is 1.31 bits per heavy atom. The quantitative estimate of drug-likeness (QED) is 0.655. The summed E-state index contributed by atoms with van der Waals surface area (Å²) in [6, 6.07) is 0.664. The fourth-order valence-electron chi connectivity index (χ4n) is 1.86. The summed E-state index contributed by atoms with van der Waals surface area (Å²) < 4.78 is 0. The van der Waals surface area contributed by atoms with Gasteiger partial charge in [-0.25, -0.2) is 0 Å². The highest BCUT2D eigenvalue weighted by Gasteiger charge is 2.29. The van der Waals surface area contributed by atoms with E-state index in [-0.39, 0.29) is 11.8 Å². The molecule has 76 valence electrons. The van der Waals surface area contributed by atoms with Crippen molar-refractivity contribution in [2.75, 3.05) is 13.1 Å². The van der Waals surface area contributed by atoms with Gasteiger partial charge in [-0.3, -0.25) is 4.79 Å². The van der Waals surface area contributed by atoms with Crippen LogP contribution in [-0.4, -0.2) is 36.0 Å². The third-order valence-electron chi connectivity index (χ3n) is 2.58. The van der Waals surface area contributed by atoms with Crippen LogP contribution in [0, 0.1) is 5.92 Å². The summed E-state index contributed by atoms with van der Waals surface area (Å²) in [7, 11) is 0. The summed E-state index contributed by atoms with van der Waals surface area (Å²) in [6.45, 7) is 9.96. The van der Waals surface area contributed by atoms with Gasteiger partial charge in [-0.2, -0.15) is 0 Å². The van der Waals surface area contributed by atoms with Gasteiger partial charge in [0, 0.05) is 31.1 Å². The van der Waals surface area contributed by atoms with Gasteiger partial charge in [0.2, 0.25) is 5.91 Å². The van der Waals surface area contributed by atoms with E-state index in [1.54, 1.807) is 0 Å². The van der Waals surface area contributed by atoms with E-state index >= 15 is 0 Å². The first-order chi connectivity index (χ1) is 6.04. The summed E-state index contributed by atoms with van der Waals surface area (Å²) in [4.78, 5) is 13.8. The normalized spacial score (nSPS) is 29.5. The second kappa shape index (κ2) is 4.09. The molecule has 1 saturated heterocycles. The molecule has 1 amide bonds. The Balaban J connectivity index is 2.68. The van der Waals surface area contributed by atoms with Gasteiger partial charge in [0.05, 0.1) is 0 Å². The summed E-state index contributed by atoms with van der Waals surface area (Å²) in [5.41, 5.74) is 0. The van der Waals surface area contributed by atoms with Gasteiger partial charge in [0.1, 0.15) is 0 Å². The summed E-state index contributed by atoms with van der Waals surface area (Å²) in [6.07, 6.45) is 0. The molecule has 0 unspecified atom stereocenters. The number of carbonyl (C=O) groups is 1. The number of nitrogens with zero attached hydrogens (tertiary/aromatic N) is 1. The van der Waals surface area contributed by atoms with Crippen molar-refractivity contribution in [3.05, 3.63) is 0 Å². The molecule has 3 heteroatoms. The predicted octanol–water partition coefficient (Wildman–Crippen LogP) is 0.851. The molecule has 13 heavy (non-hydrogen) atoms. The predicted molar refractivity (Wildman–Crippen MR) is 53.5 cm³/mol. The van der Waals surface area contributed by atoms with Crippen LogP contribution in [0.5, 0.6) is 0 Å². The number of hydrogen-bond acceptors (Lipinski definition) is 2. The van der Waals surface area contributed by atoms with Gasteiger partial charge in [-0.1, -0.05) is 13.8 Å². The highest BCUT2D eigenvalue weighted by atomic mass is 16.2. The Bertz CT molecular complexity index is 181. The molecule has 0 spiro atoms. The van der Waals surface area contributed by atoms with E-state index in [9.17, 15) is 4.79 Å². The van der Waals surface area contributed by atoms with Crippen LogP contribution in [0.2, 0.25) is 0 Å². The smallest absolute Gasteiger partial charge is 0.225 e. The standard InChI is InChI=1S/C10H20N2O/c1-7(2)10(13)12-8(3)5-11-6-9(12)4/h7-9,11H,5-6H2,1-4H3/t8-,9-/m1/s1. The fraction of sp³-hybridized carbons (Fsp3) is 0.900. The van der Waals surface area contributed by atoms with E-state index in [0.29, 0.717) is 12.1 Å². The average molecular weight is 184 g/mol. The van der Waals surface area contributed by atoms with Crippen molar-refractivity contribution < 1.29 is 4.79 Å². The van der Waals surface area contributed by atoms with Crippen LogP contribution in [0.3, 0.4) is 0 Å². The molecule has 0 radical (unpaired) electrons. The molecule has 0 aromatic carbocycles. The number of nitrogens with one attached hydrogen (secondary N) is 1. The van der Waals surface area contributed by atoms with E-state index in [0.717, 1.165) is 13.1 Å². The van der Waals surface area contributed by atoms with E-state index in [1.165, 1.54) is 0 Å². The molecule has 0 aromatic heterocycles. The lowest BCUT2D eigenvalue weighted by Crippen LogP contribution is -2.58. The first kappa shape index (κ1) is 10.5. The third kappa shape index (κ3) is 2.21. The monoisotopic (exact) mass is 184 g/mol. The number of carbonyl (C=O) groups excluding carboxylic acids is 1. The van der Waals surface area contributed by atoms with Gasteiger partial charge < -0.3 is 10.2 Å². The molecular formula is C10H20N2O. The SMILES string of the molecule is CC(C)C(=O)N1[C@H](C)CNC[C@H]1C. The van der Waals surface area contributed by atoms with Crippen molar-refractivity contribution in [1.82, 2.24) is 10.2 Å². The molecular weight excluding hydrogens is 164 g/mol. The Kier molecular flexibility index (Phi) is 3.31. The molecule has 0 aromatic rings. The van der Waals surface area contributed by atoms with E-state index in [2.05, 4.69) is 19.2 Å². The number of rotatable bonds is 1. The van der Waals surface area contributed by atoms with Crippen molar-refractivity contribution in [2.45, 2.75) is 39.8 Å². The minimum absolute atomic E-state index is 0.114. The summed E-state index contributed by atoms with van der Waals surface area (Å²) in [5, 5.41) is 3.31. The van der Waals surface area contributed by atoms with Gasteiger partial charge in [-0.05, 0) is 13.8 Å². The number of hydrogen-bond donors (Lipinski definition) is 1. The van der Waals surface area contributed by atoms with Crippen LogP contribution < -0.4 is 5.32 Å². The Hall–Kier alpha value is -0.570. The molecule has 2 atom stereocenters. The molecule has 1 N–H and O–H groups in total. The van der Waals surface area contributed by atoms with Gasteiger partial charge in [0.15, 0.2) is 0 Å². The first-order valence-corrected chi connectivity index (χ1v) is 5.07.